The summed E-state index contributed by atoms with van der Waals surface area (Å²) in [6.45, 7) is 4.41. The van der Waals surface area contributed by atoms with Crippen LogP contribution in [0.1, 0.15) is 54.8 Å². The molecule has 2 heteroatoms. The maximum Gasteiger partial charge on any atom is 0.0794 e. The molecule has 1 saturated carbocycles. The maximum atomic E-state index is 5.93. The average Bonchev–Trinajstić information content (AvgIpc) is 2.49. The van der Waals surface area contributed by atoms with Crippen molar-refractivity contribution in [3.05, 3.63) is 34.9 Å². The Hall–Kier alpha value is -0.860. The van der Waals surface area contributed by atoms with E-state index in [2.05, 4.69) is 44.4 Å². The summed E-state index contributed by atoms with van der Waals surface area (Å²) in [6, 6.07) is 6.89. The average molecular weight is 275 g/mol. The van der Waals surface area contributed by atoms with Gasteiger partial charge in [-0.3, -0.25) is 0 Å². The van der Waals surface area contributed by atoms with E-state index in [1.807, 2.05) is 7.11 Å². The molecule has 2 unspecified atom stereocenters. The molecule has 1 aromatic rings. The van der Waals surface area contributed by atoms with Crippen LogP contribution in [0, 0.1) is 19.8 Å². The number of likely N-dealkylation sites (N-methyl/N-ethyl adjacent to an activating group) is 1. The summed E-state index contributed by atoms with van der Waals surface area (Å²) in [6.07, 6.45) is 6.99. The Morgan fingerprint density at radius 3 is 2.45 bits per heavy atom. The number of hydrogen-bond donors (Lipinski definition) is 1. The van der Waals surface area contributed by atoms with Gasteiger partial charge in [-0.1, -0.05) is 37.5 Å². The quantitative estimate of drug-likeness (QED) is 0.871. The molecule has 2 nitrogen and oxygen atoms in total. The van der Waals surface area contributed by atoms with Crippen molar-refractivity contribution in [2.45, 2.75) is 58.1 Å². The third-order valence-electron chi connectivity index (χ3n) is 5.01. The largest absolute Gasteiger partial charge is 0.379 e. The molecule has 0 aromatic heterocycles. The van der Waals surface area contributed by atoms with E-state index in [4.69, 9.17) is 4.74 Å². The van der Waals surface area contributed by atoms with Crippen molar-refractivity contribution in [3.63, 3.8) is 0 Å². The van der Waals surface area contributed by atoms with Crippen molar-refractivity contribution < 1.29 is 4.74 Å². The van der Waals surface area contributed by atoms with Gasteiger partial charge in [0.2, 0.25) is 0 Å². The van der Waals surface area contributed by atoms with Crippen molar-refractivity contribution in [2.24, 2.45) is 5.92 Å². The minimum Gasteiger partial charge on any atom is -0.379 e. The van der Waals surface area contributed by atoms with Crippen LogP contribution in [0.5, 0.6) is 0 Å². The van der Waals surface area contributed by atoms with Crippen molar-refractivity contribution in [3.8, 4) is 0 Å². The molecule has 1 aromatic carbocycles. The predicted molar refractivity (Wildman–Crippen MR) is 85.1 cm³/mol. The van der Waals surface area contributed by atoms with Gasteiger partial charge < -0.3 is 10.1 Å². The highest BCUT2D eigenvalue weighted by atomic mass is 16.5. The van der Waals surface area contributed by atoms with Crippen LogP contribution < -0.4 is 5.32 Å². The van der Waals surface area contributed by atoms with Gasteiger partial charge in [0, 0.05) is 7.11 Å². The van der Waals surface area contributed by atoms with Crippen molar-refractivity contribution in [2.75, 3.05) is 14.2 Å². The summed E-state index contributed by atoms with van der Waals surface area (Å²) < 4.78 is 5.93. The Morgan fingerprint density at radius 2 is 1.85 bits per heavy atom. The molecule has 1 aliphatic rings. The lowest BCUT2D eigenvalue weighted by Crippen LogP contribution is -2.38. The lowest BCUT2D eigenvalue weighted by molar-refractivity contribution is 0.00925. The SMILES string of the molecule is CNC(c1cccc(C)c1C)C(OC)C1CCCCC1. The summed E-state index contributed by atoms with van der Waals surface area (Å²) in [4.78, 5) is 0. The van der Waals surface area contributed by atoms with Crippen LogP contribution in [0.15, 0.2) is 18.2 Å². The van der Waals surface area contributed by atoms with E-state index in [1.54, 1.807) is 0 Å². The molecule has 20 heavy (non-hydrogen) atoms. The van der Waals surface area contributed by atoms with Crippen LogP contribution in [0.2, 0.25) is 0 Å². The van der Waals surface area contributed by atoms with Crippen molar-refractivity contribution >= 4 is 0 Å². The molecular weight excluding hydrogens is 246 g/mol. The Kier molecular flexibility index (Phi) is 5.62. The zero-order valence-corrected chi connectivity index (χ0v) is 13.4. The first-order chi connectivity index (χ1) is 9.69. The van der Waals surface area contributed by atoms with Gasteiger partial charge >= 0.3 is 0 Å². The Bertz CT molecular complexity index is 423. The van der Waals surface area contributed by atoms with Crippen LogP contribution >= 0.6 is 0 Å². The molecule has 2 atom stereocenters. The normalized spacial score (nSPS) is 19.8. The van der Waals surface area contributed by atoms with Gasteiger partial charge in [-0.15, -0.1) is 0 Å². The second kappa shape index (κ2) is 7.24. The number of aryl methyl sites for hydroxylation is 1. The van der Waals surface area contributed by atoms with Crippen molar-refractivity contribution in [1.29, 1.82) is 0 Å². The smallest absolute Gasteiger partial charge is 0.0794 e. The van der Waals surface area contributed by atoms with Gasteiger partial charge in [0.15, 0.2) is 0 Å². The van der Waals surface area contributed by atoms with E-state index in [1.165, 1.54) is 48.8 Å². The minimum atomic E-state index is 0.279. The van der Waals surface area contributed by atoms with Gasteiger partial charge in [-0.2, -0.15) is 0 Å². The minimum absolute atomic E-state index is 0.279. The topological polar surface area (TPSA) is 21.3 Å². The maximum absolute atomic E-state index is 5.93. The molecule has 0 amide bonds. The summed E-state index contributed by atoms with van der Waals surface area (Å²) in [7, 11) is 3.93. The number of benzene rings is 1. The van der Waals surface area contributed by atoms with Crippen molar-refractivity contribution in [1.82, 2.24) is 5.32 Å². The zero-order valence-electron chi connectivity index (χ0n) is 13.4. The lowest BCUT2D eigenvalue weighted by atomic mass is 9.80. The molecule has 1 N–H and O–H groups in total. The number of rotatable bonds is 5. The standard InChI is InChI=1S/C18H29NO/c1-13-9-8-12-16(14(13)2)17(19-3)18(20-4)15-10-6-5-7-11-15/h8-9,12,15,17-19H,5-7,10-11H2,1-4H3. The molecule has 0 radical (unpaired) electrons. The predicted octanol–water partition coefficient (Wildman–Crippen LogP) is 4.16. The van der Waals surface area contributed by atoms with Crippen LogP contribution in [0.3, 0.4) is 0 Å². The van der Waals surface area contributed by atoms with Crippen LogP contribution in [0.4, 0.5) is 0 Å². The summed E-state index contributed by atoms with van der Waals surface area (Å²) in [5.74, 6) is 0.686. The molecule has 0 heterocycles. The third kappa shape index (κ3) is 3.24. The molecule has 2 rings (SSSR count). The zero-order chi connectivity index (χ0) is 14.5. The van der Waals surface area contributed by atoms with E-state index < -0.39 is 0 Å². The number of ether oxygens (including phenoxy) is 1. The van der Waals surface area contributed by atoms with E-state index in [9.17, 15) is 0 Å². The number of hydrogen-bond acceptors (Lipinski definition) is 2. The molecule has 112 valence electrons. The van der Waals surface area contributed by atoms with Crippen LogP contribution in [-0.2, 0) is 4.74 Å². The molecule has 0 aliphatic heterocycles. The molecular formula is C18H29NO. The van der Waals surface area contributed by atoms with E-state index in [0.29, 0.717) is 12.0 Å². The fourth-order valence-corrected chi connectivity index (χ4v) is 3.67. The van der Waals surface area contributed by atoms with Gasteiger partial charge in [0.25, 0.3) is 0 Å². The van der Waals surface area contributed by atoms with Gasteiger partial charge in [-0.25, -0.2) is 0 Å². The summed E-state index contributed by atoms with van der Waals surface area (Å²) >= 11 is 0. The highest BCUT2D eigenvalue weighted by Crippen LogP contribution is 2.35. The number of methoxy groups -OCH3 is 1. The van der Waals surface area contributed by atoms with Gasteiger partial charge in [0.05, 0.1) is 12.1 Å². The third-order valence-corrected chi connectivity index (χ3v) is 5.01. The fraction of sp³-hybridized carbons (Fsp3) is 0.667. The summed E-state index contributed by atoms with van der Waals surface area (Å²) in [5.41, 5.74) is 4.15. The molecule has 0 bridgehead atoms. The van der Waals surface area contributed by atoms with Crippen LogP contribution in [-0.4, -0.2) is 20.3 Å². The first-order valence-corrected chi connectivity index (χ1v) is 7.95. The lowest BCUT2D eigenvalue weighted by Gasteiger charge is -2.35. The summed E-state index contributed by atoms with van der Waals surface area (Å²) in [5, 5.41) is 3.51. The van der Waals surface area contributed by atoms with Crippen LogP contribution in [0.25, 0.3) is 0 Å². The highest BCUT2D eigenvalue weighted by molar-refractivity contribution is 5.36. The number of nitrogens with one attached hydrogen (secondary N) is 1. The first-order valence-electron chi connectivity index (χ1n) is 7.95. The van der Waals surface area contributed by atoms with Gasteiger partial charge in [0.1, 0.15) is 0 Å². The van der Waals surface area contributed by atoms with Gasteiger partial charge in [-0.05, 0) is 56.3 Å². The molecule has 1 aliphatic carbocycles. The molecule has 0 saturated heterocycles. The second-order valence-electron chi connectivity index (χ2n) is 6.15. The monoisotopic (exact) mass is 275 g/mol. The second-order valence-corrected chi connectivity index (χ2v) is 6.15. The Labute approximate surface area is 123 Å². The molecule has 0 spiro atoms. The fourth-order valence-electron chi connectivity index (χ4n) is 3.67. The molecule has 1 fully saturated rings. The van der Waals surface area contributed by atoms with E-state index in [-0.39, 0.29) is 6.10 Å². The Morgan fingerprint density at radius 1 is 1.15 bits per heavy atom. The van der Waals surface area contributed by atoms with E-state index in [0.717, 1.165) is 0 Å². The van der Waals surface area contributed by atoms with E-state index >= 15 is 0 Å². The Balaban J connectivity index is 2.26. The first kappa shape index (κ1) is 15.5. The highest BCUT2D eigenvalue weighted by Gasteiger charge is 2.31.